The number of nitrogens with zero attached hydrogens (tertiary/aromatic N) is 3. The Kier molecular flexibility index (Phi) is 4.67. The van der Waals surface area contributed by atoms with Crippen LogP contribution in [0.5, 0.6) is 11.5 Å². The molecule has 0 unspecified atom stereocenters. The Hall–Kier alpha value is -1.99. The van der Waals surface area contributed by atoms with E-state index in [1.807, 2.05) is 25.3 Å². The van der Waals surface area contributed by atoms with Crippen LogP contribution < -0.4 is 9.47 Å². The highest BCUT2D eigenvalue weighted by atomic mass is 32.2. The van der Waals surface area contributed by atoms with Crippen molar-refractivity contribution in [3.63, 3.8) is 0 Å². The number of aryl methyl sites for hydroxylation is 1. The lowest BCUT2D eigenvalue weighted by molar-refractivity contribution is 0.171. The number of benzene rings is 1. The van der Waals surface area contributed by atoms with Crippen LogP contribution in [0.4, 0.5) is 0 Å². The van der Waals surface area contributed by atoms with E-state index in [0.717, 1.165) is 50.9 Å². The molecule has 130 valence electrons. The van der Waals surface area contributed by atoms with Gasteiger partial charge in [0.2, 0.25) is 0 Å². The minimum Gasteiger partial charge on any atom is -0.486 e. The number of hydrogen-bond acceptors (Lipinski definition) is 6. The molecule has 0 atom stereocenters. The molecule has 0 N–H and O–H groups in total. The minimum absolute atomic E-state index is 0.595. The van der Waals surface area contributed by atoms with Crippen LogP contribution in [0, 0.1) is 6.92 Å². The summed E-state index contributed by atoms with van der Waals surface area (Å²) in [5, 5.41) is 4.23. The SMILES string of the molecule is CCn1c(-c2ccc3c(c2)OCCO3)cnc1SCc1csc(C)n1. The van der Waals surface area contributed by atoms with E-state index < -0.39 is 0 Å². The number of imidazole rings is 1. The Morgan fingerprint density at radius 2 is 2.08 bits per heavy atom. The molecule has 2 aromatic heterocycles. The van der Waals surface area contributed by atoms with Gasteiger partial charge in [-0.05, 0) is 32.0 Å². The molecule has 25 heavy (non-hydrogen) atoms. The van der Waals surface area contributed by atoms with Crippen molar-refractivity contribution in [3.8, 4) is 22.8 Å². The average molecular weight is 374 g/mol. The molecule has 0 fully saturated rings. The van der Waals surface area contributed by atoms with E-state index in [1.54, 1.807) is 23.1 Å². The summed E-state index contributed by atoms with van der Waals surface area (Å²) in [6.07, 6.45) is 1.93. The number of fused-ring (bicyclic) bond motifs is 1. The van der Waals surface area contributed by atoms with Crippen molar-refractivity contribution < 1.29 is 9.47 Å². The van der Waals surface area contributed by atoms with E-state index in [-0.39, 0.29) is 0 Å². The van der Waals surface area contributed by atoms with Crippen LogP contribution in [0.25, 0.3) is 11.3 Å². The van der Waals surface area contributed by atoms with Crippen LogP contribution >= 0.6 is 23.1 Å². The van der Waals surface area contributed by atoms with Gasteiger partial charge in [0.15, 0.2) is 16.7 Å². The Morgan fingerprint density at radius 3 is 2.84 bits per heavy atom. The lowest BCUT2D eigenvalue weighted by Gasteiger charge is -2.19. The molecule has 0 aliphatic carbocycles. The number of aromatic nitrogens is 3. The standard InChI is InChI=1S/C18H19N3O2S2/c1-3-21-15(13-4-5-16-17(8-13)23-7-6-22-16)9-19-18(21)25-11-14-10-24-12(2)20-14/h4-5,8-10H,3,6-7,11H2,1-2H3. The number of hydrogen-bond donors (Lipinski definition) is 0. The Balaban J connectivity index is 1.59. The molecule has 1 aliphatic heterocycles. The highest BCUT2D eigenvalue weighted by Crippen LogP contribution is 2.36. The summed E-state index contributed by atoms with van der Waals surface area (Å²) in [7, 11) is 0. The molecule has 3 aromatic rings. The first-order chi connectivity index (χ1) is 12.2. The number of rotatable bonds is 5. The molecule has 1 aliphatic rings. The second kappa shape index (κ2) is 7.09. The highest BCUT2D eigenvalue weighted by molar-refractivity contribution is 7.98. The van der Waals surface area contributed by atoms with Crippen molar-refractivity contribution in [2.45, 2.75) is 31.3 Å². The summed E-state index contributed by atoms with van der Waals surface area (Å²) >= 11 is 3.41. The van der Waals surface area contributed by atoms with Crippen LogP contribution in [0.15, 0.2) is 34.9 Å². The predicted octanol–water partition coefficient (Wildman–Crippen LogP) is 4.40. The quantitative estimate of drug-likeness (QED) is 0.621. The molecular formula is C18H19N3O2S2. The van der Waals surface area contributed by atoms with E-state index in [4.69, 9.17) is 9.47 Å². The first-order valence-corrected chi connectivity index (χ1v) is 10.1. The molecule has 0 bridgehead atoms. The van der Waals surface area contributed by atoms with Gasteiger partial charge in [-0.1, -0.05) is 11.8 Å². The third kappa shape index (κ3) is 3.39. The zero-order chi connectivity index (χ0) is 17.2. The summed E-state index contributed by atoms with van der Waals surface area (Å²) in [6, 6.07) is 6.08. The second-order valence-electron chi connectivity index (χ2n) is 5.68. The lowest BCUT2D eigenvalue weighted by atomic mass is 10.1. The van der Waals surface area contributed by atoms with Crippen molar-refractivity contribution in [2.24, 2.45) is 0 Å². The number of thiazole rings is 1. The molecule has 0 radical (unpaired) electrons. The van der Waals surface area contributed by atoms with Crippen LogP contribution in [0.2, 0.25) is 0 Å². The fourth-order valence-electron chi connectivity index (χ4n) is 2.83. The van der Waals surface area contributed by atoms with E-state index in [2.05, 4.69) is 32.9 Å². The van der Waals surface area contributed by atoms with Gasteiger partial charge in [-0.25, -0.2) is 9.97 Å². The topological polar surface area (TPSA) is 49.2 Å². The lowest BCUT2D eigenvalue weighted by Crippen LogP contribution is -2.15. The molecular weight excluding hydrogens is 354 g/mol. The normalized spacial score (nSPS) is 13.2. The van der Waals surface area contributed by atoms with Crippen LogP contribution in [0.1, 0.15) is 17.6 Å². The Morgan fingerprint density at radius 1 is 1.24 bits per heavy atom. The summed E-state index contributed by atoms with van der Waals surface area (Å²) in [5.74, 6) is 2.45. The van der Waals surface area contributed by atoms with Crippen LogP contribution in [-0.4, -0.2) is 27.7 Å². The van der Waals surface area contributed by atoms with Gasteiger partial charge in [0.25, 0.3) is 0 Å². The highest BCUT2D eigenvalue weighted by Gasteiger charge is 2.16. The largest absolute Gasteiger partial charge is 0.486 e. The fraction of sp³-hybridized carbons (Fsp3) is 0.333. The molecule has 3 heterocycles. The average Bonchev–Trinajstić information content (AvgIpc) is 3.25. The first kappa shape index (κ1) is 16.5. The van der Waals surface area contributed by atoms with Crippen molar-refractivity contribution in [3.05, 3.63) is 40.5 Å². The van der Waals surface area contributed by atoms with Gasteiger partial charge in [0, 0.05) is 23.2 Å². The zero-order valence-corrected chi connectivity index (χ0v) is 15.8. The molecule has 0 spiro atoms. The Bertz CT molecular complexity index is 888. The van der Waals surface area contributed by atoms with Crippen LogP contribution in [0.3, 0.4) is 0 Å². The van der Waals surface area contributed by atoms with Gasteiger partial charge in [-0.15, -0.1) is 11.3 Å². The zero-order valence-electron chi connectivity index (χ0n) is 14.2. The molecule has 5 nitrogen and oxygen atoms in total. The maximum Gasteiger partial charge on any atom is 0.168 e. The molecule has 7 heteroatoms. The van der Waals surface area contributed by atoms with E-state index in [1.165, 1.54) is 0 Å². The van der Waals surface area contributed by atoms with Gasteiger partial charge >= 0.3 is 0 Å². The summed E-state index contributed by atoms with van der Waals surface area (Å²) in [5.41, 5.74) is 3.30. The fourth-order valence-corrected chi connectivity index (χ4v) is 4.48. The number of thioether (sulfide) groups is 1. The third-order valence-electron chi connectivity index (χ3n) is 3.99. The summed E-state index contributed by atoms with van der Waals surface area (Å²) < 4.78 is 13.5. The molecule has 0 amide bonds. The molecule has 0 saturated carbocycles. The second-order valence-corrected chi connectivity index (χ2v) is 7.68. The Labute approximate surface area is 155 Å². The van der Waals surface area contributed by atoms with Crippen molar-refractivity contribution >= 4 is 23.1 Å². The summed E-state index contributed by atoms with van der Waals surface area (Å²) in [6.45, 7) is 6.24. The van der Waals surface area contributed by atoms with E-state index in [9.17, 15) is 0 Å². The van der Waals surface area contributed by atoms with Gasteiger partial charge in [0.05, 0.1) is 22.6 Å². The first-order valence-electron chi connectivity index (χ1n) is 8.24. The van der Waals surface area contributed by atoms with Gasteiger partial charge in [0.1, 0.15) is 13.2 Å². The van der Waals surface area contributed by atoms with E-state index in [0.29, 0.717) is 13.2 Å². The third-order valence-corrected chi connectivity index (χ3v) is 5.84. The smallest absolute Gasteiger partial charge is 0.168 e. The molecule has 1 aromatic carbocycles. The van der Waals surface area contributed by atoms with Gasteiger partial charge in [-0.2, -0.15) is 0 Å². The molecule has 0 saturated heterocycles. The van der Waals surface area contributed by atoms with Gasteiger partial charge < -0.3 is 14.0 Å². The predicted molar refractivity (Wildman–Crippen MR) is 101 cm³/mol. The monoisotopic (exact) mass is 373 g/mol. The maximum absolute atomic E-state index is 5.71. The van der Waals surface area contributed by atoms with E-state index >= 15 is 0 Å². The van der Waals surface area contributed by atoms with Crippen molar-refractivity contribution in [1.29, 1.82) is 0 Å². The summed E-state index contributed by atoms with van der Waals surface area (Å²) in [4.78, 5) is 9.15. The number of ether oxygens (including phenoxy) is 2. The van der Waals surface area contributed by atoms with Crippen molar-refractivity contribution in [1.82, 2.24) is 14.5 Å². The molecule has 4 rings (SSSR count). The van der Waals surface area contributed by atoms with Gasteiger partial charge in [-0.3, -0.25) is 0 Å². The van der Waals surface area contributed by atoms with Crippen LogP contribution in [-0.2, 0) is 12.3 Å². The van der Waals surface area contributed by atoms with Crippen molar-refractivity contribution in [2.75, 3.05) is 13.2 Å². The minimum atomic E-state index is 0.595. The maximum atomic E-state index is 5.71.